The number of aliphatic hydroxyl groups is 8. The monoisotopic (exact) mass is 1170 g/mol. The molecule has 1 amide bonds. The zero-order chi connectivity index (χ0) is 59.5. The number of carbonyl (C=O) groups excluding carboxylic acids is 1. The number of hydrogen-bond donors (Lipinski definition) is 9. The Morgan fingerprint density at radius 3 is 1.20 bits per heavy atom. The SMILES string of the molecule is CCCCCCCCCCCCCCCC/C=C/CC/C=C/CC/C=C/C(O)C(COC1OC(CO)C(OC2OC(CO)C(O)C(O)C2O)C(O)C1O)NC(=O)CCCCCCCCCCCCCCCCCCCCCCCCCC. The summed E-state index contributed by atoms with van der Waals surface area (Å²) in [5, 5.41) is 87.3. The van der Waals surface area contributed by atoms with E-state index in [0.29, 0.717) is 12.8 Å². The molecular formula is C68H127NO13. The summed E-state index contributed by atoms with van der Waals surface area (Å²) in [7, 11) is 0. The van der Waals surface area contributed by atoms with Gasteiger partial charge in [-0.1, -0.05) is 281 Å². The van der Waals surface area contributed by atoms with Crippen LogP contribution in [-0.4, -0.2) is 140 Å². The van der Waals surface area contributed by atoms with E-state index in [1.54, 1.807) is 6.08 Å². The Morgan fingerprint density at radius 2 is 0.780 bits per heavy atom. The van der Waals surface area contributed by atoms with E-state index in [1.165, 1.54) is 218 Å². The van der Waals surface area contributed by atoms with Crippen molar-refractivity contribution in [1.82, 2.24) is 5.32 Å². The van der Waals surface area contributed by atoms with E-state index in [1.807, 2.05) is 6.08 Å². The van der Waals surface area contributed by atoms with Crippen molar-refractivity contribution in [2.24, 2.45) is 0 Å². The van der Waals surface area contributed by atoms with E-state index in [-0.39, 0.29) is 18.9 Å². The fourth-order valence-electron chi connectivity index (χ4n) is 11.3. The maximum Gasteiger partial charge on any atom is 0.220 e. The summed E-state index contributed by atoms with van der Waals surface area (Å²) >= 11 is 0. The highest BCUT2D eigenvalue weighted by Gasteiger charge is 2.51. The normalized spacial score (nSPS) is 24.1. The number of hydrogen-bond acceptors (Lipinski definition) is 13. The molecule has 0 radical (unpaired) electrons. The minimum Gasteiger partial charge on any atom is -0.394 e. The van der Waals surface area contributed by atoms with Crippen LogP contribution in [-0.2, 0) is 23.7 Å². The first-order valence-electron chi connectivity index (χ1n) is 34.2. The van der Waals surface area contributed by atoms with Gasteiger partial charge < -0.3 is 65.1 Å². The molecule has 0 aliphatic carbocycles. The van der Waals surface area contributed by atoms with Gasteiger partial charge >= 0.3 is 0 Å². The molecule has 0 aromatic carbocycles. The van der Waals surface area contributed by atoms with Crippen molar-refractivity contribution < 1.29 is 64.6 Å². The third kappa shape index (κ3) is 37.7. The molecule has 12 atom stereocenters. The fourth-order valence-corrected chi connectivity index (χ4v) is 11.3. The Kier molecular flexibility index (Phi) is 49.7. The molecule has 0 spiro atoms. The molecule has 0 aromatic rings. The molecule has 14 nitrogen and oxygen atoms in total. The lowest BCUT2D eigenvalue weighted by Gasteiger charge is -2.46. The van der Waals surface area contributed by atoms with Gasteiger partial charge in [-0.2, -0.15) is 0 Å². The molecule has 0 bridgehead atoms. The number of ether oxygens (including phenoxy) is 4. The minimum absolute atomic E-state index is 0.247. The van der Waals surface area contributed by atoms with Crippen LogP contribution < -0.4 is 5.32 Å². The van der Waals surface area contributed by atoms with Gasteiger partial charge in [0.2, 0.25) is 5.91 Å². The van der Waals surface area contributed by atoms with E-state index in [9.17, 15) is 45.6 Å². The van der Waals surface area contributed by atoms with Crippen LogP contribution in [0.2, 0.25) is 0 Å². The summed E-state index contributed by atoms with van der Waals surface area (Å²) in [6, 6.07) is -0.936. The zero-order valence-corrected chi connectivity index (χ0v) is 52.2. The molecule has 2 heterocycles. The first-order chi connectivity index (χ1) is 40.1. The van der Waals surface area contributed by atoms with Crippen LogP contribution in [0.5, 0.6) is 0 Å². The molecule has 2 rings (SSSR count). The van der Waals surface area contributed by atoms with Crippen LogP contribution in [0.15, 0.2) is 36.5 Å². The first kappa shape index (κ1) is 76.3. The molecular weight excluding hydrogens is 1040 g/mol. The Morgan fingerprint density at radius 1 is 0.427 bits per heavy atom. The van der Waals surface area contributed by atoms with Crippen LogP contribution in [0.3, 0.4) is 0 Å². The van der Waals surface area contributed by atoms with Crippen molar-refractivity contribution in [2.75, 3.05) is 19.8 Å². The lowest BCUT2D eigenvalue weighted by molar-refractivity contribution is -0.359. The van der Waals surface area contributed by atoms with Gasteiger partial charge in [0.1, 0.15) is 48.8 Å². The van der Waals surface area contributed by atoms with E-state index < -0.39 is 86.8 Å². The quantitative estimate of drug-likeness (QED) is 0.0204. The van der Waals surface area contributed by atoms with Crippen molar-refractivity contribution in [3.8, 4) is 0 Å². The van der Waals surface area contributed by atoms with Crippen molar-refractivity contribution >= 4 is 5.91 Å². The first-order valence-corrected chi connectivity index (χ1v) is 34.2. The zero-order valence-electron chi connectivity index (χ0n) is 52.2. The van der Waals surface area contributed by atoms with Gasteiger partial charge in [-0.05, 0) is 44.9 Å². The number of unbranched alkanes of at least 4 members (excludes halogenated alkanes) is 39. The second-order valence-electron chi connectivity index (χ2n) is 24.3. The van der Waals surface area contributed by atoms with Crippen molar-refractivity contribution in [3.63, 3.8) is 0 Å². The summed E-state index contributed by atoms with van der Waals surface area (Å²) in [4.78, 5) is 13.3. The fraction of sp³-hybridized carbons (Fsp3) is 0.897. The van der Waals surface area contributed by atoms with Crippen LogP contribution in [0, 0.1) is 0 Å². The molecule has 82 heavy (non-hydrogen) atoms. The summed E-state index contributed by atoms with van der Waals surface area (Å²) in [6.45, 7) is 2.82. The highest BCUT2D eigenvalue weighted by Crippen LogP contribution is 2.30. The molecule has 0 aromatic heterocycles. The van der Waals surface area contributed by atoms with Gasteiger partial charge in [-0.3, -0.25) is 4.79 Å². The van der Waals surface area contributed by atoms with Gasteiger partial charge in [0, 0.05) is 6.42 Å². The molecule has 9 N–H and O–H groups in total. The molecule has 2 aliphatic rings. The number of allylic oxidation sites excluding steroid dienone is 5. The Hall–Kier alpha value is -1.79. The Bertz CT molecular complexity index is 1510. The molecule has 2 saturated heterocycles. The number of amides is 1. The third-order valence-electron chi connectivity index (χ3n) is 16.8. The standard InChI is InChI=1S/C68H127NO13/c1-3-5-7-9-11-13-15-17-19-21-23-25-27-29-31-33-35-37-39-41-43-45-47-49-51-57(72)56(55-79-67-65(78)63(76)66(59(54-71)81-67)82-68-64(77)62(75)61(74)58(53-70)80-68)69-60(73)52-50-48-46-44-42-40-38-36-34-32-30-28-26-24-22-20-18-16-14-12-10-8-6-4-2/h33,35,41,43,49,51,56-59,61-68,70-72,74-78H,3-32,34,36-40,42,44-48,50,52-55H2,1-2H3,(H,69,73)/b35-33+,43-41+,51-49+. The molecule has 2 fully saturated rings. The second-order valence-corrected chi connectivity index (χ2v) is 24.3. The third-order valence-corrected chi connectivity index (χ3v) is 16.8. The van der Waals surface area contributed by atoms with Crippen LogP contribution in [0.1, 0.15) is 296 Å². The summed E-state index contributed by atoms with van der Waals surface area (Å²) < 4.78 is 22.8. The topological polar surface area (TPSA) is 228 Å². The van der Waals surface area contributed by atoms with E-state index >= 15 is 0 Å². The van der Waals surface area contributed by atoms with Crippen LogP contribution >= 0.6 is 0 Å². The van der Waals surface area contributed by atoms with Crippen LogP contribution in [0.4, 0.5) is 0 Å². The Balaban J connectivity index is 1.72. The number of carbonyl (C=O) groups is 1. The number of rotatable bonds is 56. The minimum atomic E-state index is -1.79. The van der Waals surface area contributed by atoms with Crippen molar-refractivity contribution in [1.29, 1.82) is 0 Å². The summed E-state index contributed by atoms with van der Waals surface area (Å²) in [5.41, 5.74) is 0. The summed E-state index contributed by atoms with van der Waals surface area (Å²) in [5.74, 6) is -0.247. The number of aliphatic hydroxyl groups excluding tert-OH is 8. The van der Waals surface area contributed by atoms with E-state index in [2.05, 4.69) is 43.5 Å². The smallest absolute Gasteiger partial charge is 0.220 e. The molecule has 12 unspecified atom stereocenters. The maximum absolute atomic E-state index is 13.3. The Labute approximate surface area is 500 Å². The van der Waals surface area contributed by atoms with Crippen molar-refractivity contribution in [2.45, 2.75) is 370 Å². The molecule has 2 aliphatic heterocycles. The lowest BCUT2D eigenvalue weighted by atomic mass is 9.97. The maximum atomic E-state index is 13.3. The molecule has 14 heteroatoms. The highest BCUT2D eigenvalue weighted by atomic mass is 16.7. The van der Waals surface area contributed by atoms with Crippen LogP contribution in [0.25, 0.3) is 0 Å². The predicted octanol–water partition coefficient (Wildman–Crippen LogP) is 13.3. The predicted molar refractivity (Wildman–Crippen MR) is 332 cm³/mol. The van der Waals surface area contributed by atoms with E-state index in [0.717, 1.165) is 44.9 Å². The summed E-state index contributed by atoms with van der Waals surface area (Å²) in [6.07, 6.45) is 50.6. The lowest BCUT2D eigenvalue weighted by Crippen LogP contribution is -2.65. The van der Waals surface area contributed by atoms with Crippen molar-refractivity contribution in [3.05, 3.63) is 36.5 Å². The molecule has 0 saturated carbocycles. The van der Waals surface area contributed by atoms with E-state index in [4.69, 9.17) is 18.9 Å². The number of nitrogens with one attached hydrogen (secondary N) is 1. The average molecular weight is 1170 g/mol. The highest BCUT2D eigenvalue weighted by molar-refractivity contribution is 5.76. The van der Waals surface area contributed by atoms with Gasteiger partial charge in [0.05, 0.1) is 32.0 Å². The largest absolute Gasteiger partial charge is 0.394 e. The average Bonchev–Trinajstić information content (AvgIpc) is 3.56. The molecule has 482 valence electrons. The van der Waals surface area contributed by atoms with Gasteiger partial charge in [0.15, 0.2) is 12.6 Å². The van der Waals surface area contributed by atoms with Gasteiger partial charge in [-0.15, -0.1) is 0 Å². The van der Waals surface area contributed by atoms with Gasteiger partial charge in [-0.25, -0.2) is 0 Å². The second kappa shape index (κ2) is 53.4. The van der Waals surface area contributed by atoms with Gasteiger partial charge in [0.25, 0.3) is 0 Å².